The molecule has 1 aromatic carbocycles. The molecule has 0 heterocycles. The van der Waals surface area contributed by atoms with Crippen LogP contribution in [0.4, 0.5) is 0 Å². The molecule has 0 atom stereocenters. The maximum Gasteiger partial charge on any atom is 0.135 e. The van der Waals surface area contributed by atoms with E-state index in [2.05, 4.69) is 26.0 Å². The van der Waals surface area contributed by atoms with E-state index >= 15 is 0 Å². The molecule has 1 aromatic rings. The molecule has 0 aromatic heterocycles. The number of unbranched alkanes of at least 4 members (excludes halogenated alkanes) is 2. The number of hydrogen-bond donors (Lipinski definition) is 0. The molecule has 0 saturated heterocycles. The van der Waals surface area contributed by atoms with Crippen molar-refractivity contribution in [2.75, 3.05) is 0 Å². The molecule has 0 aliphatic rings. The first kappa shape index (κ1) is 12.1. The summed E-state index contributed by atoms with van der Waals surface area (Å²) < 4.78 is 5.59. The monoisotopic (exact) mass is 205 g/mol. The molecule has 0 fully saturated rings. The predicted octanol–water partition coefficient (Wildman–Crippen LogP) is 4.37. The summed E-state index contributed by atoms with van der Waals surface area (Å²) in [6.45, 7) is 6.17. The average molecular weight is 205 g/mol. The van der Waals surface area contributed by atoms with Crippen molar-refractivity contribution in [3.63, 3.8) is 0 Å². The van der Waals surface area contributed by atoms with Crippen LogP contribution in [0.25, 0.3) is 0 Å². The maximum atomic E-state index is 5.59. The fraction of sp³-hybridized carbons (Fsp3) is 0.500. The predicted molar refractivity (Wildman–Crippen MR) is 64.9 cm³/mol. The van der Waals surface area contributed by atoms with Gasteiger partial charge in [-0.1, -0.05) is 44.9 Å². The second-order valence-electron chi connectivity index (χ2n) is 3.76. The van der Waals surface area contributed by atoms with E-state index in [1.165, 1.54) is 24.8 Å². The Morgan fingerprint density at radius 3 is 2.67 bits per heavy atom. The third-order valence-corrected chi connectivity index (χ3v) is 2.40. The van der Waals surface area contributed by atoms with Gasteiger partial charge in [0.2, 0.25) is 0 Å². The summed E-state index contributed by atoms with van der Waals surface area (Å²) in [5.41, 5.74) is 1.33. The zero-order valence-corrected chi connectivity index (χ0v) is 9.83. The van der Waals surface area contributed by atoms with Crippen molar-refractivity contribution < 1.29 is 4.74 Å². The van der Waals surface area contributed by atoms with Gasteiger partial charge >= 0.3 is 0 Å². The van der Waals surface area contributed by atoms with Crippen LogP contribution in [-0.4, -0.2) is 0 Å². The van der Waals surface area contributed by atoms with E-state index in [-0.39, 0.29) is 0 Å². The molecule has 1 radical (unpaired) electrons. The molecule has 1 nitrogen and oxygen atoms in total. The van der Waals surface area contributed by atoms with E-state index < -0.39 is 0 Å². The summed E-state index contributed by atoms with van der Waals surface area (Å²) in [5.74, 6) is 1.02. The highest BCUT2D eigenvalue weighted by atomic mass is 16.5. The SMILES string of the molecule is CC[CH]Oc1ccccc1CCCCC. The number of hydrogen-bond acceptors (Lipinski definition) is 1. The first-order valence-electron chi connectivity index (χ1n) is 5.94. The van der Waals surface area contributed by atoms with E-state index in [1.54, 1.807) is 0 Å². The van der Waals surface area contributed by atoms with Crippen molar-refractivity contribution in [1.82, 2.24) is 0 Å². The Labute approximate surface area is 93.5 Å². The van der Waals surface area contributed by atoms with Gasteiger partial charge in [-0.25, -0.2) is 0 Å². The minimum absolute atomic E-state index is 0.948. The fourth-order valence-electron chi connectivity index (χ4n) is 1.56. The molecule has 15 heavy (non-hydrogen) atoms. The highest BCUT2D eigenvalue weighted by molar-refractivity contribution is 5.33. The van der Waals surface area contributed by atoms with Gasteiger partial charge in [-0.15, -0.1) is 0 Å². The standard InChI is InChI=1S/C14H21O/c1-3-5-6-9-13-10-7-8-11-14(13)15-12-4-2/h7-8,10-12H,3-6,9H2,1-2H3. The van der Waals surface area contributed by atoms with Gasteiger partial charge in [-0.05, 0) is 30.9 Å². The van der Waals surface area contributed by atoms with E-state index in [9.17, 15) is 0 Å². The Morgan fingerprint density at radius 1 is 1.13 bits per heavy atom. The van der Waals surface area contributed by atoms with Crippen LogP contribution >= 0.6 is 0 Å². The van der Waals surface area contributed by atoms with Crippen LogP contribution in [0, 0.1) is 6.61 Å². The Morgan fingerprint density at radius 2 is 1.93 bits per heavy atom. The molecule has 1 rings (SSSR count). The molecule has 0 spiro atoms. The molecular weight excluding hydrogens is 184 g/mol. The van der Waals surface area contributed by atoms with Gasteiger partial charge in [0.05, 0.1) is 0 Å². The number of benzene rings is 1. The minimum atomic E-state index is 0.948. The van der Waals surface area contributed by atoms with Crippen LogP contribution in [0.5, 0.6) is 5.75 Å². The van der Waals surface area contributed by atoms with Crippen molar-refractivity contribution in [2.45, 2.75) is 46.0 Å². The molecule has 1 heteroatoms. The Balaban J connectivity index is 2.52. The summed E-state index contributed by atoms with van der Waals surface area (Å²) in [4.78, 5) is 0. The summed E-state index contributed by atoms with van der Waals surface area (Å²) >= 11 is 0. The van der Waals surface area contributed by atoms with Crippen molar-refractivity contribution in [1.29, 1.82) is 0 Å². The van der Waals surface area contributed by atoms with Crippen molar-refractivity contribution in [3.8, 4) is 5.75 Å². The minimum Gasteiger partial charge on any atom is -0.486 e. The number of rotatable bonds is 7. The van der Waals surface area contributed by atoms with Crippen molar-refractivity contribution in [2.24, 2.45) is 0 Å². The van der Waals surface area contributed by atoms with Gasteiger partial charge in [-0.2, -0.15) is 0 Å². The van der Waals surface area contributed by atoms with Crippen LogP contribution in [0.2, 0.25) is 0 Å². The molecule has 0 amide bonds. The van der Waals surface area contributed by atoms with Gasteiger partial charge < -0.3 is 4.74 Å². The van der Waals surface area contributed by atoms with E-state index in [0.717, 1.165) is 18.6 Å². The summed E-state index contributed by atoms with van der Waals surface area (Å²) in [6.07, 6.45) is 5.89. The zero-order chi connectivity index (χ0) is 10.9. The van der Waals surface area contributed by atoms with Gasteiger partial charge in [0.1, 0.15) is 12.4 Å². The van der Waals surface area contributed by atoms with Gasteiger partial charge in [-0.3, -0.25) is 0 Å². The highest BCUT2D eigenvalue weighted by Crippen LogP contribution is 2.21. The van der Waals surface area contributed by atoms with Crippen LogP contribution in [0.3, 0.4) is 0 Å². The average Bonchev–Trinajstić information content (AvgIpc) is 2.28. The molecule has 0 N–H and O–H groups in total. The van der Waals surface area contributed by atoms with Crippen LogP contribution in [-0.2, 0) is 6.42 Å². The maximum absolute atomic E-state index is 5.59. The van der Waals surface area contributed by atoms with Crippen molar-refractivity contribution >= 4 is 0 Å². The summed E-state index contributed by atoms with van der Waals surface area (Å²) in [7, 11) is 0. The van der Waals surface area contributed by atoms with Crippen LogP contribution in [0.15, 0.2) is 24.3 Å². The topological polar surface area (TPSA) is 9.23 Å². The molecule has 0 aliphatic heterocycles. The fourth-order valence-corrected chi connectivity index (χ4v) is 1.56. The Kier molecular flexibility index (Phi) is 5.91. The van der Waals surface area contributed by atoms with Gasteiger partial charge in [0.25, 0.3) is 0 Å². The van der Waals surface area contributed by atoms with Crippen molar-refractivity contribution in [3.05, 3.63) is 36.4 Å². The lowest BCUT2D eigenvalue weighted by Crippen LogP contribution is -1.94. The van der Waals surface area contributed by atoms with Crippen LogP contribution in [0.1, 0.15) is 45.1 Å². The smallest absolute Gasteiger partial charge is 0.135 e. The molecule has 0 saturated carbocycles. The van der Waals surface area contributed by atoms with E-state index in [1.807, 2.05) is 18.7 Å². The van der Waals surface area contributed by atoms with Gasteiger partial charge in [0.15, 0.2) is 0 Å². The van der Waals surface area contributed by atoms with Gasteiger partial charge in [0, 0.05) is 0 Å². The van der Waals surface area contributed by atoms with Crippen LogP contribution < -0.4 is 4.74 Å². The normalized spacial score (nSPS) is 10.3. The quantitative estimate of drug-likeness (QED) is 0.601. The highest BCUT2D eigenvalue weighted by Gasteiger charge is 2.01. The van der Waals surface area contributed by atoms with E-state index in [0.29, 0.717) is 0 Å². The lowest BCUT2D eigenvalue weighted by Gasteiger charge is -2.09. The van der Waals surface area contributed by atoms with E-state index in [4.69, 9.17) is 4.74 Å². The third-order valence-electron chi connectivity index (χ3n) is 2.40. The lowest BCUT2D eigenvalue weighted by molar-refractivity contribution is 0.392. The summed E-state index contributed by atoms with van der Waals surface area (Å²) in [6, 6.07) is 8.32. The molecule has 0 unspecified atom stereocenters. The Bertz CT molecular complexity index is 268. The number of ether oxygens (including phenoxy) is 1. The molecule has 0 bridgehead atoms. The second-order valence-corrected chi connectivity index (χ2v) is 3.76. The molecule has 83 valence electrons. The number of para-hydroxylation sites is 1. The third kappa shape index (κ3) is 4.37. The molecule has 0 aliphatic carbocycles. The molecular formula is C14H21O. The first-order valence-corrected chi connectivity index (χ1v) is 5.94. The first-order chi connectivity index (χ1) is 7.38. The Hall–Kier alpha value is -0.980. The second kappa shape index (κ2) is 7.33. The zero-order valence-electron chi connectivity index (χ0n) is 9.83. The largest absolute Gasteiger partial charge is 0.486 e. The summed E-state index contributed by atoms with van der Waals surface area (Å²) in [5, 5.41) is 0. The number of aryl methyl sites for hydroxylation is 1. The lowest BCUT2D eigenvalue weighted by atomic mass is 10.1.